The van der Waals surface area contributed by atoms with Gasteiger partial charge in [-0.25, -0.2) is 4.68 Å². The second-order valence-electron chi connectivity index (χ2n) is 4.72. The third kappa shape index (κ3) is 3.61. The first kappa shape index (κ1) is 19.6. The average Bonchev–Trinajstić information content (AvgIpc) is 2.90. The van der Waals surface area contributed by atoms with Crippen LogP contribution in [0.2, 0.25) is 10.0 Å². The number of rotatable bonds is 4. The Morgan fingerprint density at radius 2 is 1.92 bits per heavy atom. The van der Waals surface area contributed by atoms with E-state index < -0.39 is 32.6 Å². The van der Waals surface area contributed by atoms with Gasteiger partial charge in [0.15, 0.2) is 5.69 Å². The summed E-state index contributed by atoms with van der Waals surface area (Å²) in [5, 5.41) is 14.8. The van der Waals surface area contributed by atoms with E-state index >= 15 is 0 Å². The van der Waals surface area contributed by atoms with E-state index in [0.717, 1.165) is 16.8 Å². The zero-order valence-electron chi connectivity index (χ0n) is 12.9. The zero-order chi connectivity index (χ0) is 18.9. The Bertz CT molecular complexity index is 866. The maximum atomic E-state index is 13.0. The number of nitrogens with zero attached hydrogens (tertiary/aromatic N) is 3. The highest BCUT2D eigenvalue weighted by molar-refractivity contribution is 7.85. The van der Waals surface area contributed by atoms with Gasteiger partial charge in [-0.2, -0.15) is 23.5 Å². The first-order valence-corrected chi connectivity index (χ1v) is 8.89. The highest BCUT2D eigenvalue weighted by Gasteiger charge is 2.36. The molecule has 0 bridgehead atoms. The minimum Gasteiger partial charge on any atom is -0.372 e. The van der Waals surface area contributed by atoms with Crippen LogP contribution in [-0.4, -0.2) is 26.8 Å². The summed E-state index contributed by atoms with van der Waals surface area (Å²) in [7, 11) is 0.00257. The Kier molecular flexibility index (Phi) is 5.66. The Hall–Kier alpha value is -1.76. The van der Waals surface area contributed by atoms with Crippen LogP contribution in [0.5, 0.6) is 0 Å². The van der Waals surface area contributed by atoms with Crippen molar-refractivity contribution in [1.29, 1.82) is 5.26 Å². The first-order valence-electron chi connectivity index (χ1n) is 6.81. The lowest BCUT2D eigenvalue weighted by atomic mass is 10.2. The molecule has 2 aromatic rings. The van der Waals surface area contributed by atoms with E-state index in [4.69, 9.17) is 23.2 Å². The standard InChI is InChI=1S/C14H11Cl2F3N4OS/c1-3-25(24)12-10(6-20)22-23(13(12)21-2)7-4-8(15)11(9(16)5-7)14(17,18)19/h4-5,21H,3H2,1-2H3. The summed E-state index contributed by atoms with van der Waals surface area (Å²) < 4.78 is 52.3. The van der Waals surface area contributed by atoms with Gasteiger partial charge in [0.1, 0.15) is 16.8 Å². The smallest absolute Gasteiger partial charge is 0.372 e. The Morgan fingerprint density at radius 3 is 2.32 bits per heavy atom. The molecule has 0 aliphatic heterocycles. The molecule has 2 rings (SSSR count). The van der Waals surface area contributed by atoms with Crippen molar-refractivity contribution in [2.75, 3.05) is 18.1 Å². The minimum absolute atomic E-state index is 0.100. The normalized spacial score (nSPS) is 12.7. The Balaban J connectivity index is 2.74. The second-order valence-corrected chi connectivity index (χ2v) is 7.21. The lowest BCUT2D eigenvalue weighted by Crippen LogP contribution is -2.09. The maximum absolute atomic E-state index is 13.0. The fourth-order valence-corrected chi connectivity index (χ4v) is 3.88. The third-order valence-corrected chi connectivity index (χ3v) is 5.19. The molecule has 0 saturated carbocycles. The van der Waals surface area contributed by atoms with Crippen LogP contribution in [0, 0.1) is 11.3 Å². The highest BCUT2D eigenvalue weighted by atomic mass is 35.5. The lowest BCUT2D eigenvalue weighted by molar-refractivity contribution is -0.137. The molecule has 0 spiro atoms. The molecule has 25 heavy (non-hydrogen) atoms. The van der Waals surface area contributed by atoms with Crippen molar-refractivity contribution in [3.63, 3.8) is 0 Å². The molecule has 0 fully saturated rings. The maximum Gasteiger partial charge on any atom is 0.419 e. The third-order valence-electron chi connectivity index (χ3n) is 3.23. The lowest BCUT2D eigenvalue weighted by Gasteiger charge is -2.14. The largest absolute Gasteiger partial charge is 0.419 e. The fraction of sp³-hybridized carbons (Fsp3) is 0.286. The summed E-state index contributed by atoms with van der Waals surface area (Å²) in [6.07, 6.45) is -4.71. The molecule has 0 saturated heterocycles. The van der Waals surface area contributed by atoms with Crippen molar-refractivity contribution in [3.8, 4) is 11.8 Å². The van der Waals surface area contributed by atoms with E-state index in [1.807, 2.05) is 6.07 Å². The number of halogens is 5. The van der Waals surface area contributed by atoms with Gasteiger partial charge in [-0.3, -0.25) is 4.21 Å². The molecule has 11 heteroatoms. The van der Waals surface area contributed by atoms with Crippen LogP contribution in [-0.2, 0) is 17.0 Å². The van der Waals surface area contributed by atoms with Gasteiger partial charge in [0.25, 0.3) is 0 Å². The summed E-state index contributed by atoms with van der Waals surface area (Å²) in [5.74, 6) is 0.451. The van der Waals surface area contributed by atoms with Crippen LogP contribution in [0.15, 0.2) is 17.0 Å². The van der Waals surface area contributed by atoms with Crippen LogP contribution in [0.4, 0.5) is 19.0 Å². The van der Waals surface area contributed by atoms with Crippen molar-refractivity contribution < 1.29 is 17.4 Å². The molecule has 0 amide bonds. The molecule has 1 heterocycles. The number of alkyl halides is 3. The number of benzene rings is 1. The molecular formula is C14H11Cl2F3N4OS. The number of hydrogen-bond donors (Lipinski definition) is 1. The zero-order valence-corrected chi connectivity index (χ0v) is 15.2. The van der Waals surface area contributed by atoms with E-state index in [9.17, 15) is 22.6 Å². The second kappa shape index (κ2) is 7.23. The number of anilines is 1. The number of nitrogens with one attached hydrogen (secondary N) is 1. The number of nitriles is 1. The predicted octanol–water partition coefficient (Wildman–Crippen LogP) is 4.24. The highest BCUT2D eigenvalue weighted by Crippen LogP contribution is 2.41. The van der Waals surface area contributed by atoms with Gasteiger partial charge >= 0.3 is 6.18 Å². The first-order chi connectivity index (χ1) is 11.6. The van der Waals surface area contributed by atoms with Crippen molar-refractivity contribution in [2.24, 2.45) is 0 Å². The van der Waals surface area contributed by atoms with E-state index in [2.05, 4.69) is 10.4 Å². The monoisotopic (exact) mass is 410 g/mol. The van der Waals surface area contributed by atoms with Crippen LogP contribution in [0.25, 0.3) is 5.69 Å². The topological polar surface area (TPSA) is 70.7 Å². The van der Waals surface area contributed by atoms with Crippen LogP contribution in [0.1, 0.15) is 18.2 Å². The van der Waals surface area contributed by atoms with Crippen LogP contribution >= 0.6 is 23.2 Å². The number of aromatic nitrogens is 2. The number of hydrogen-bond acceptors (Lipinski definition) is 4. The van der Waals surface area contributed by atoms with Crippen molar-refractivity contribution in [1.82, 2.24) is 9.78 Å². The molecular weight excluding hydrogens is 400 g/mol. The Labute approximate surface area is 153 Å². The van der Waals surface area contributed by atoms with Gasteiger partial charge in [0.05, 0.1) is 32.1 Å². The van der Waals surface area contributed by atoms with Crippen molar-refractivity contribution >= 4 is 39.8 Å². The molecule has 134 valence electrons. The average molecular weight is 411 g/mol. The molecule has 0 aliphatic carbocycles. The molecule has 1 N–H and O–H groups in total. The fourth-order valence-electron chi connectivity index (χ4n) is 2.20. The van der Waals surface area contributed by atoms with Crippen LogP contribution < -0.4 is 5.32 Å². The van der Waals surface area contributed by atoms with Gasteiger partial charge < -0.3 is 5.32 Å². The summed E-state index contributed by atoms with van der Waals surface area (Å²) in [6.45, 7) is 1.67. The van der Waals surface area contributed by atoms with Crippen molar-refractivity contribution in [2.45, 2.75) is 18.0 Å². The summed E-state index contributed by atoms with van der Waals surface area (Å²) >= 11 is 11.5. The van der Waals surface area contributed by atoms with Gasteiger partial charge in [-0.15, -0.1) is 0 Å². The minimum atomic E-state index is -4.71. The molecule has 1 aromatic carbocycles. The van der Waals surface area contributed by atoms with Gasteiger partial charge in [-0.1, -0.05) is 30.1 Å². The summed E-state index contributed by atoms with van der Waals surface area (Å²) in [4.78, 5) is 0.166. The van der Waals surface area contributed by atoms with E-state index in [1.54, 1.807) is 6.92 Å². The van der Waals surface area contributed by atoms with Crippen LogP contribution in [0.3, 0.4) is 0 Å². The molecule has 1 aromatic heterocycles. The molecule has 0 aliphatic rings. The molecule has 5 nitrogen and oxygen atoms in total. The van der Waals surface area contributed by atoms with E-state index in [1.165, 1.54) is 7.05 Å². The van der Waals surface area contributed by atoms with Gasteiger partial charge in [0, 0.05) is 12.8 Å². The SMILES string of the molecule is CCS(=O)c1c(C#N)nn(-c2cc(Cl)c(C(F)(F)F)c(Cl)c2)c1NC. The predicted molar refractivity (Wildman–Crippen MR) is 89.8 cm³/mol. The Morgan fingerprint density at radius 1 is 1.36 bits per heavy atom. The molecule has 1 atom stereocenters. The van der Waals surface area contributed by atoms with Gasteiger partial charge in [0.2, 0.25) is 0 Å². The summed E-state index contributed by atoms with van der Waals surface area (Å²) in [6, 6.07) is 3.89. The van der Waals surface area contributed by atoms with E-state index in [-0.39, 0.29) is 27.8 Å². The quantitative estimate of drug-likeness (QED) is 0.817. The summed E-state index contributed by atoms with van der Waals surface area (Å²) in [5.41, 5.74) is -1.16. The van der Waals surface area contributed by atoms with Crippen molar-refractivity contribution in [3.05, 3.63) is 33.4 Å². The molecule has 0 radical (unpaired) electrons. The molecule has 1 unspecified atom stereocenters. The van der Waals surface area contributed by atoms with E-state index in [0.29, 0.717) is 0 Å². The van der Waals surface area contributed by atoms with Gasteiger partial charge in [-0.05, 0) is 12.1 Å².